The Morgan fingerprint density at radius 3 is 1.95 bits per heavy atom. The molecule has 2 aromatic rings. The highest BCUT2D eigenvalue weighted by molar-refractivity contribution is 5.96. The van der Waals surface area contributed by atoms with Crippen molar-refractivity contribution in [1.29, 1.82) is 0 Å². The van der Waals surface area contributed by atoms with Crippen LogP contribution in [0, 0.1) is 0 Å². The number of alkyl halides is 3. The lowest BCUT2D eigenvalue weighted by atomic mass is 10.1. The van der Waals surface area contributed by atoms with E-state index in [1.807, 2.05) is 0 Å². The second-order valence-electron chi connectivity index (χ2n) is 7.89. The highest BCUT2D eigenvalue weighted by atomic mass is 19.4. The molecule has 0 atom stereocenters. The van der Waals surface area contributed by atoms with Crippen molar-refractivity contribution in [1.82, 2.24) is 0 Å². The van der Waals surface area contributed by atoms with Crippen LogP contribution in [0.1, 0.15) is 29.3 Å². The Morgan fingerprint density at radius 2 is 1.33 bits per heavy atom. The maximum Gasteiger partial charge on any atom is 0.416 e. The van der Waals surface area contributed by atoms with E-state index in [1.54, 1.807) is 25.1 Å². The van der Waals surface area contributed by atoms with Crippen LogP contribution in [0.25, 0.3) is 0 Å². The van der Waals surface area contributed by atoms with Gasteiger partial charge in [-0.15, -0.1) is 0 Å². The molecule has 0 aliphatic heterocycles. The molecular formula is C27H34F3NO8. The fourth-order valence-electron chi connectivity index (χ4n) is 3.12. The first-order chi connectivity index (χ1) is 18.8. The first kappa shape index (κ1) is 32.0. The molecule has 0 aromatic heterocycles. The van der Waals surface area contributed by atoms with Gasteiger partial charge in [0, 0.05) is 5.69 Å². The summed E-state index contributed by atoms with van der Waals surface area (Å²) in [5, 5.41) is 2.84. The van der Waals surface area contributed by atoms with Crippen molar-refractivity contribution in [3.05, 3.63) is 59.7 Å². The molecule has 0 spiro atoms. The van der Waals surface area contributed by atoms with E-state index in [-0.39, 0.29) is 43.5 Å². The molecule has 0 bridgehead atoms. The lowest BCUT2D eigenvalue weighted by molar-refractivity contribution is -0.144. The second-order valence-corrected chi connectivity index (χ2v) is 7.89. The molecule has 39 heavy (non-hydrogen) atoms. The van der Waals surface area contributed by atoms with Gasteiger partial charge in [-0.25, -0.2) is 4.79 Å². The summed E-state index contributed by atoms with van der Waals surface area (Å²) in [6.07, 6.45) is -4.26. The van der Waals surface area contributed by atoms with Crippen molar-refractivity contribution < 1.29 is 51.2 Å². The maximum absolute atomic E-state index is 13.0. The van der Waals surface area contributed by atoms with Crippen LogP contribution in [-0.4, -0.2) is 78.0 Å². The summed E-state index contributed by atoms with van der Waals surface area (Å²) in [5.41, 5.74) is -0.0994. The zero-order valence-corrected chi connectivity index (χ0v) is 21.8. The summed E-state index contributed by atoms with van der Waals surface area (Å²) < 4.78 is 70.3. The summed E-state index contributed by atoms with van der Waals surface area (Å²) in [6.45, 7) is 4.66. The molecule has 0 unspecified atom stereocenters. The molecule has 1 N–H and O–H groups in total. The predicted octanol–water partition coefficient (Wildman–Crippen LogP) is 4.63. The highest BCUT2D eigenvalue weighted by Crippen LogP contribution is 2.32. The van der Waals surface area contributed by atoms with Gasteiger partial charge >= 0.3 is 18.1 Å². The molecule has 2 rings (SSSR count). The fourth-order valence-corrected chi connectivity index (χ4v) is 3.12. The van der Waals surface area contributed by atoms with Gasteiger partial charge in [0.05, 0.1) is 82.7 Å². The lowest BCUT2D eigenvalue weighted by Gasteiger charge is -2.13. The van der Waals surface area contributed by atoms with Crippen molar-refractivity contribution in [3.63, 3.8) is 0 Å². The van der Waals surface area contributed by atoms with Crippen molar-refractivity contribution in [2.75, 3.05) is 71.4 Å². The van der Waals surface area contributed by atoms with Crippen LogP contribution in [-0.2, 0) is 39.4 Å². The molecular weight excluding hydrogens is 523 g/mol. The zero-order valence-electron chi connectivity index (χ0n) is 21.8. The predicted molar refractivity (Wildman–Crippen MR) is 136 cm³/mol. The van der Waals surface area contributed by atoms with Crippen LogP contribution in [0.2, 0.25) is 0 Å². The van der Waals surface area contributed by atoms with E-state index < -0.39 is 17.7 Å². The maximum atomic E-state index is 13.0. The van der Waals surface area contributed by atoms with Crippen LogP contribution in [0.3, 0.4) is 0 Å². The number of hydrogen-bond acceptors (Lipinski definition) is 9. The molecule has 0 aliphatic carbocycles. The van der Waals surface area contributed by atoms with E-state index in [1.165, 1.54) is 18.2 Å². The molecule has 0 heterocycles. The molecule has 9 nitrogen and oxygen atoms in total. The van der Waals surface area contributed by atoms with Crippen LogP contribution >= 0.6 is 0 Å². The Kier molecular flexibility index (Phi) is 14.9. The molecule has 0 fully saturated rings. The smallest absolute Gasteiger partial charge is 0.416 e. The Hall–Kier alpha value is -3.19. The minimum atomic E-state index is -4.47. The summed E-state index contributed by atoms with van der Waals surface area (Å²) in [6, 6.07) is 11.1. The van der Waals surface area contributed by atoms with Gasteiger partial charge in [-0.3, -0.25) is 4.79 Å². The SMILES string of the molecule is CCOC(=O)CCOCCOCCOCCOCCOC(=O)c1ccccc1Nc1cccc(C(F)(F)F)c1. The molecule has 0 aliphatic rings. The monoisotopic (exact) mass is 557 g/mol. The Morgan fingerprint density at radius 1 is 0.744 bits per heavy atom. The third kappa shape index (κ3) is 13.4. The minimum absolute atomic E-state index is 0.00396. The lowest BCUT2D eigenvalue weighted by Crippen LogP contribution is -2.15. The van der Waals surface area contributed by atoms with E-state index in [4.69, 9.17) is 28.4 Å². The van der Waals surface area contributed by atoms with Crippen LogP contribution in [0.5, 0.6) is 0 Å². The second kappa shape index (κ2) is 18.2. The van der Waals surface area contributed by atoms with E-state index in [2.05, 4.69) is 5.32 Å². The summed E-state index contributed by atoms with van der Waals surface area (Å²) >= 11 is 0. The van der Waals surface area contributed by atoms with E-state index in [0.717, 1.165) is 12.1 Å². The molecule has 0 saturated heterocycles. The van der Waals surface area contributed by atoms with Crippen molar-refractivity contribution >= 4 is 23.3 Å². The average Bonchev–Trinajstić information content (AvgIpc) is 2.91. The van der Waals surface area contributed by atoms with Gasteiger partial charge in [-0.1, -0.05) is 18.2 Å². The molecule has 0 saturated carbocycles. The standard InChI is InChI=1S/C27H34F3NO8/c1-2-38-25(32)10-11-34-12-13-35-14-15-36-16-17-37-18-19-39-26(33)23-8-3-4-9-24(23)31-22-7-5-6-21(20-22)27(28,29)30/h3-9,20,31H,2,10-19H2,1H3. The summed E-state index contributed by atoms with van der Waals surface area (Å²) in [7, 11) is 0. The minimum Gasteiger partial charge on any atom is -0.466 e. The normalized spacial score (nSPS) is 11.3. The zero-order chi connectivity index (χ0) is 28.3. The Balaban J connectivity index is 1.54. The number of halogens is 3. The Bertz CT molecular complexity index is 1000. The van der Waals surface area contributed by atoms with Gasteiger partial charge < -0.3 is 33.7 Å². The third-order valence-corrected chi connectivity index (χ3v) is 4.95. The first-order valence-corrected chi connectivity index (χ1v) is 12.5. The first-order valence-electron chi connectivity index (χ1n) is 12.5. The van der Waals surface area contributed by atoms with Gasteiger partial charge in [0.15, 0.2) is 0 Å². The van der Waals surface area contributed by atoms with E-state index in [0.29, 0.717) is 51.9 Å². The van der Waals surface area contributed by atoms with Crippen molar-refractivity contribution in [3.8, 4) is 0 Å². The summed E-state index contributed by atoms with van der Waals surface area (Å²) in [5.74, 6) is -0.922. The number of esters is 2. The summed E-state index contributed by atoms with van der Waals surface area (Å²) in [4.78, 5) is 23.6. The number of benzene rings is 2. The molecule has 0 radical (unpaired) electrons. The number of hydrogen-bond donors (Lipinski definition) is 1. The van der Waals surface area contributed by atoms with Gasteiger partial charge in [0.25, 0.3) is 0 Å². The number of anilines is 2. The highest BCUT2D eigenvalue weighted by Gasteiger charge is 2.30. The van der Waals surface area contributed by atoms with Crippen LogP contribution < -0.4 is 5.32 Å². The molecule has 0 amide bonds. The molecule has 2 aromatic carbocycles. The third-order valence-electron chi connectivity index (χ3n) is 4.95. The number of ether oxygens (including phenoxy) is 6. The molecule has 12 heteroatoms. The average molecular weight is 558 g/mol. The number of nitrogens with one attached hydrogen (secondary N) is 1. The quantitative estimate of drug-likeness (QED) is 0.196. The van der Waals surface area contributed by atoms with Crippen LogP contribution in [0.4, 0.5) is 24.5 Å². The van der Waals surface area contributed by atoms with Gasteiger partial charge in [-0.2, -0.15) is 13.2 Å². The number of para-hydroxylation sites is 1. The largest absolute Gasteiger partial charge is 0.466 e. The molecule has 216 valence electrons. The van der Waals surface area contributed by atoms with Crippen molar-refractivity contribution in [2.45, 2.75) is 19.5 Å². The van der Waals surface area contributed by atoms with Gasteiger partial charge in [-0.05, 0) is 37.3 Å². The van der Waals surface area contributed by atoms with E-state index in [9.17, 15) is 22.8 Å². The van der Waals surface area contributed by atoms with E-state index >= 15 is 0 Å². The number of carbonyl (C=O) groups is 2. The fraction of sp³-hybridized carbons (Fsp3) is 0.481. The van der Waals surface area contributed by atoms with Gasteiger partial charge in [0.2, 0.25) is 0 Å². The van der Waals surface area contributed by atoms with Gasteiger partial charge in [0.1, 0.15) is 6.61 Å². The number of carbonyl (C=O) groups excluding carboxylic acids is 2. The Labute approximate surface area is 225 Å². The van der Waals surface area contributed by atoms with Crippen molar-refractivity contribution in [2.24, 2.45) is 0 Å². The topological polar surface area (TPSA) is 102 Å². The van der Waals surface area contributed by atoms with Crippen LogP contribution in [0.15, 0.2) is 48.5 Å². The number of rotatable bonds is 19.